The fraction of sp³-hybridized carbons (Fsp3) is 0.583. The number of benzene rings is 1. The summed E-state index contributed by atoms with van der Waals surface area (Å²) in [6.07, 6.45) is 8.79. The molecule has 0 bridgehead atoms. The Balaban J connectivity index is 0. The lowest BCUT2D eigenvalue weighted by Crippen LogP contribution is -2.37. The average molecular weight is 722 g/mol. The molecule has 3 N–H and O–H groups in total. The van der Waals surface area contributed by atoms with Crippen LogP contribution in [0.3, 0.4) is 0 Å². The number of aryl methyl sites for hydroxylation is 2. The number of carbonyl (C=O) groups excluding carboxylic acids is 4. The number of aromatic nitrogens is 3. The van der Waals surface area contributed by atoms with E-state index in [9.17, 15) is 19.2 Å². The van der Waals surface area contributed by atoms with Crippen LogP contribution in [0, 0.1) is 0 Å². The molecule has 1 aromatic carbocycles. The molecule has 2 aromatic heterocycles. The van der Waals surface area contributed by atoms with Crippen molar-refractivity contribution in [2.75, 3.05) is 69.7 Å². The highest BCUT2D eigenvalue weighted by atomic mass is 16.5. The van der Waals surface area contributed by atoms with Gasteiger partial charge in [0.2, 0.25) is 0 Å². The summed E-state index contributed by atoms with van der Waals surface area (Å²) in [4.78, 5) is 50.0. The highest BCUT2D eigenvalue weighted by Crippen LogP contribution is 2.21. The van der Waals surface area contributed by atoms with Crippen molar-refractivity contribution in [2.45, 2.75) is 58.7 Å². The molecular weight excluding hydrogens is 658 g/mol. The number of imidazole rings is 1. The molecule has 3 heterocycles. The Morgan fingerprint density at radius 2 is 1.43 bits per heavy atom. The van der Waals surface area contributed by atoms with Crippen molar-refractivity contribution >= 4 is 34.8 Å². The van der Waals surface area contributed by atoms with Crippen LogP contribution in [0.1, 0.15) is 39.0 Å². The maximum atomic E-state index is 11.6. The van der Waals surface area contributed by atoms with E-state index < -0.39 is 0 Å². The quantitative estimate of drug-likeness (QED) is 0.195. The van der Waals surface area contributed by atoms with Gasteiger partial charge in [0.25, 0.3) is 0 Å². The molecule has 0 amide bonds. The maximum Gasteiger partial charge on any atom is 0.323 e. The summed E-state index contributed by atoms with van der Waals surface area (Å²) in [6, 6.07) is 7.58. The van der Waals surface area contributed by atoms with Gasteiger partial charge in [0.15, 0.2) is 0 Å². The molecule has 51 heavy (non-hydrogen) atoms. The van der Waals surface area contributed by atoms with Gasteiger partial charge in [-0.2, -0.15) is 0 Å². The molecule has 1 saturated heterocycles. The van der Waals surface area contributed by atoms with Gasteiger partial charge < -0.3 is 44.0 Å². The second-order valence-corrected chi connectivity index (χ2v) is 11.2. The van der Waals surface area contributed by atoms with Gasteiger partial charge >= 0.3 is 23.9 Å². The Kier molecular flexibility index (Phi) is 25.4. The fourth-order valence-corrected chi connectivity index (χ4v) is 5.05. The van der Waals surface area contributed by atoms with Crippen LogP contribution in [-0.2, 0) is 65.1 Å². The number of para-hydroxylation sites is 1. The van der Waals surface area contributed by atoms with Gasteiger partial charge in [0.1, 0.15) is 18.1 Å². The van der Waals surface area contributed by atoms with Crippen molar-refractivity contribution in [3.05, 3.63) is 54.2 Å². The second kappa shape index (κ2) is 26.5. The van der Waals surface area contributed by atoms with Crippen molar-refractivity contribution < 1.29 is 38.1 Å². The van der Waals surface area contributed by atoms with Crippen LogP contribution < -0.4 is 16.0 Å². The van der Waals surface area contributed by atoms with Gasteiger partial charge in [0, 0.05) is 55.9 Å². The van der Waals surface area contributed by atoms with Crippen molar-refractivity contribution in [3.8, 4) is 0 Å². The Morgan fingerprint density at radius 3 is 1.86 bits per heavy atom. The first-order chi connectivity index (χ1) is 23.4. The van der Waals surface area contributed by atoms with E-state index in [0.29, 0.717) is 12.8 Å². The highest BCUT2D eigenvalue weighted by molar-refractivity contribution is 5.85. The lowest BCUT2D eigenvalue weighted by molar-refractivity contribution is -0.145. The number of hydrogen-bond acceptors (Lipinski definition) is 13. The third-order valence-electron chi connectivity index (χ3n) is 7.94. The first kappa shape index (κ1) is 48.8. The van der Waals surface area contributed by atoms with Crippen LogP contribution in [-0.4, -0.2) is 131 Å². The SMILES string of the molecule is C.C.CNC(Cc1cn(C)c2ccccc12)C(=O)OC.CNC(Cc1cncn1C)C(=O)OC.CNCC(=O)OC.COC(=O)C1CCCN1C. The largest absolute Gasteiger partial charge is 0.468 e. The van der Waals surface area contributed by atoms with Crippen LogP contribution in [0.15, 0.2) is 43.0 Å². The lowest BCUT2D eigenvalue weighted by atomic mass is 10.1. The normalized spacial score (nSPS) is 14.3. The number of likely N-dealkylation sites (tertiary alicyclic amines) is 1. The average Bonchev–Trinajstić information content (AvgIpc) is 3.83. The third-order valence-corrected chi connectivity index (χ3v) is 7.94. The Bertz CT molecular complexity index is 1440. The van der Waals surface area contributed by atoms with E-state index in [2.05, 4.69) is 58.0 Å². The molecule has 0 spiro atoms. The standard InChI is InChI=1S/C14H18N2O2.C9H15N3O2.C7H13NO2.C4H9NO2.2CH4/c1-15-12(14(17)18-3)8-10-9-16(2)13-7-5-4-6-11(10)13;1-10-8(9(13)14-3)4-7-5-11-6-12(7)2;1-8-5-3-4-6(8)7(9)10-2;1-5-3-4(6)7-2;;/h4-7,9,12,15H,8H2,1-3H3;5-6,8,10H,4H2,1-3H3;6H,3-5H2,1-2H3;5H,3H2,1-2H3;2*1H4. The molecule has 4 rings (SSSR count). The number of hydrogen-bond donors (Lipinski definition) is 3. The zero-order valence-electron chi connectivity index (χ0n) is 30.6. The summed E-state index contributed by atoms with van der Waals surface area (Å²) in [6.45, 7) is 1.30. The van der Waals surface area contributed by atoms with E-state index in [1.807, 2.05) is 42.7 Å². The number of fused-ring (bicyclic) bond motifs is 1. The molecule has 1 aliphatic heterocycles. The zero-order valence-corrected chi connectivity index (χ0v) is 30.6. The summed E-state index contributed by atoms with van der Waals surface area (Å²) in [5.41, 5.74) is 3.32. The van der Waals surface area contributed by atoms with Crippen molar-refractivity contribution in [1.82, 2.24) is 35.0 Å². The molecule has 3 aromatic rings. The van der Waals surface area contributed by atoms with Gasteiger partial charge in [-0.05, 0) is 59.2 Å². The van der Waals surface area contributed by atoms with Crippen LogP contribution in [0.25, 0.3) is 10.9 Å². The third kappa shape index (κ3) is 16.1. The van der Waals surface area contributed by atoms with E-state index >= 15 is 0 Å². The summed E-state index contributed by atoms with van der Waals surface area (Å²) in [5.74, 6) is -0.818. The topological polar surface area (TPSA) is 167 Å². The number of nitrogens with one attached hydrogen (secondary N) is 3. The monoisotopic (exact) mass is 721 g/mol. The molecule has 15 heteroatoms. The molecule has 0 saturated carbocycles. The van der Waals surface area contributed by atoms with Crippen LogP contribution >= 0.6 is 0 Å². The van der Waals surface area contributed by atoms with Crippen LogP contribution in [0.5, 0.6) is 0 Å². The van der Waals surface area contributed by atoms with Crippen LogP contribution in [0.2, 0.25) is 0 Å². The molecular formula is C36H63N7O8. The van der Waals surface area contributed by atoms with Crippen LogP contribution in [0.4, 0.5) is 0 Å². The molecule has 290 valence electrons. The molecule has 3 atom stereocenters. The Hall–Kier alpha value is -4.31. The van der Waals surface area contributed by atoms with E-state index in [0.717, 1.165) is 30.6 Å². The molecule has 0 aliphatic carbocycles. The Morgan fingerprint density at radius 1 is 0.843 bits per heavy atom. The molecule has 3 unspecified atom stereocenters. The number of carbonyl (C=O) groups is 4. The van der Waals surface area contributed by atoms with E-state index in [1.165, 1.54) is 39.3 Å². The Labute approximate surface area is 304 Å². The van der Waals surface area contributed by atoms with Gasteiger partial charge in [-0.1, -0.05) is 33.1 Å². The number of likely N-dealkylation sites (N-methyl/N-ethyl adjacent to an activating group) is 4. The van der Waals surface area contributed by atoms with Gasteiger partial charge in [-0.15, -0.1) is 0 Å². The van der Waals surface area contributed by atoms with E-state index in [1.54, 1.807) is 33.7 Å². The fourth-order valence-electron chi connectivity index (χ4n) is 5.05. The minimum absolute atomic E-state index is 0. The van der Waals surface area contributed by atoms with Gasteiger partial charge in [-0.25, -0.2) is 4.98 Å². The minimum Gasteiger partial charge on any atom is -0.468 e. The van der Waals surface area contributed by atoms with E-state index in [4.69, 9.17) is 4.74 Å². The summed E-state index contributed by atoms with van der Waals surface area (Å²) >= 11 is 0. The first-order valence-corrected chi connectivity index (χ1v) is 15.9. The molecule has 15 nitrogen and oxygen atoms in total. The van der Waals surface area contributed by atoms with Crippen molar-refractivity contribution in [2.24, 2.45) is 14.1 Å². The molecule has 0 radical (unpaired) electrons. The predicted octanol–water partition coefficient (Wildman–Crippen LogP) is 2.11. The zero-order chi connectivity index (χ0) is 36.9. The van der Waals surface area contributed by atoms with E-state index in [-0.39, 0.29) is 63.4 Å². The molecule has 1 aliphatic rings. The molecule has 1 fully saturated rings. The first-order valence-electron chi connectivity index (χ1n) is 15.9. The van der Waals surface area contributed by atoms with Crippen molar-refractivity contribution in [1.29, 1.82) is 0 Å². The maximum absolute atomic E-state index is 11.6. The number of rotatable bonds is 11. The number of nitrogens with zero attached hydrogens (tertiary/aromatic N) is 4. The van der Waals surface area contributed by atoms with Gasteiger partial charge in [0.05, 0.1) is 41.3 Å². The summed E-state index contributed by atoms with van der Waals surface area (Å²) < 4.78 is 22.3. The number of methoxy groups -OCH3 is 4. The van der Waals surface area contributed by atoms with Gasteiger partial charge in [-0.3, -0.25) is 24.1 Å². The van der Waals surface area contributed by atoms with Crippen molar-refractivity contribution in [3.63, 3.8) is 0 Å². The summed E-state index contributed by atoms with van der Waals surface area (Å²) in [7, 11) is 16.7. The minimum atomic E-state index is -0.310. The predicted molar refractivity (Wildman–Crippen MR) is 200 cm³/mol. The summed E-state index contributed by atoms with van der Waals surface area (Å²) in [5, 5.41) is 9.72. The second-order valence-electron chi connectivity index (χ2n) is 11.2. The number of ether oxygens (including phenoxy) is 4. The highest BCUT2D eigenvalue weighted by Gasteiger charge is 2.28. The smallest absolute Gasteiger partial charge is 0.323 e. The lowest BCUT2D eigenvalue weighted by Gasteiger charge is -2.15. The number of esters is 4.